The van der Waals surface area contributed by atoms with Gasteiger partial charge in [0.05, 0.1) is 26.6 Å². The van der Waals surface area contributed by atoms with Gasteiger partial charge in [0, 0.05) is 0 Å². The molecule has 0 aliphatic heterocycles. The summed E-state index contributed by atoms with van der Waals surface area (Å²) in [6.45, 7) is 0. The average molecular weight is 390 g/mol. The third-order valence-corrected chi connectivity index (χ3v) is 5.50. The molecule has 0 aliphatic carbocycles. The number of hydrogen-bond donors (Lipinski definition) is 2. The first kappa shape index (κ1) is 20.4. The van der Waals surface area contributed by atoms with Crippen molar-refractivity contribution in [3.05, 3.63) is 59.7 Å². The van der Waals surface area contributed by atoms with Gasteiger partial charge in [-0.3, -0.25) is 14.2 Å². The van der Waals surface area contributed by atoms with Crippen LogP contribution in [0.25, 0.3) is 0 Å². The highest BCUT2D eigenvalue weighted by molar-refractivity contribution is 7.26. The number of ether oxygens (including phenoxy) is 2. The van der Waals surface area contributed by atoms with Crippen LogP contribution in [0.1, 0.15) is 17.5 Å². The zero-order valence-corrected chi connectivity index (χ0v) is 15.7. The average Bonchev–Trinajstić information content (AvgIpc) is 2.68. The van der Waals surface area contributed by atoms with E-state index in [0.29, 0.717) is 22.6 Å². The van der Waals surface area contributed by atoms with Crippen molar-refractivity contribution in [2.24, 2.45) is 5.92 Å². The Bertz CT molecular complexity index is 767. The number of aliphatic carboxylic acids is 2. The second kappa shape index (κ2) is 8.64. The molecule has 0 spiro atoms. The molecule has 2 N–H and O–H groups in total. The predicted molar refractivity (Wildman–Crippen MR) is 97.8 cm³/mol. The molecule has 0 saturated carbocycles. The lowest BCUT2D eigenvalue weighted by molar-refractivity contribution is -0.149. The van der Waals surface area contributed by atoms with Gasteiger partial charge in [-0.1, -0.05) is 24.3 Å². The molecular formula is C19H19O7P. The summed E-state index contributed by atoms with van der Waals surface area (Å²) in [4.78, 5) is 23.3. The number of carbonyl (C=O) groups is 2. The number of carboxylic acid groups (broad SMARTS) is 2. The molecule has 0 aromatic heterocycles. The van der Waals surface area contributed by atoms with Gasteiger partial charge in [-0.2, -0.15) is 0 Å². The number of hydrogen-bond acceptors (Lipinski definition) is 5. The van der Waals surface area contributed by atoms with E-state index in [1.54, 1.807) is 48.5 Å². The normalized spacial score (nSPS) is 12.4. The Morgan fingerprint density at radius 2 is 1.33 bits per heavy atom. The summed E-state index contributed by atoms with van der Waals surface area (Å²) in [5.74, 6) is -3.04. The van der Waals surface area contributed by atoms with Crippen molar-refractivity contribution < 1.29 is 33.8 Å². The Kier molecular flexibility index (Phi) is 6.53. The number of carboxylic acids is 2. The Hall–Kier alpha value is -2.92. The van der Waals surface area contributed by atoms with Crippen LogP contribution in [0.4, 0.5) is 0 Å². The van der Waals surface area contributed by atoms with Crippen LogP contribution in [0.15, 0.2) is 48.5 Å². The summed E-state index contributed by atoms with van der Waals surface area (Å²) in [5, 5.41) is 17.4. The molecule has 0 radical (unpaired) electrons. The Morgan fingerprint density at radius 3 is 1.59 bits per heavy atom. The molecule has 1 unspecified atom stereocenters. The number of methoxy groups -OCH3 is 2. The Balaban J connectivity index is 2.74. The molecular weight excluding hydrogens is 371 g/mol. The monoisotopic (exact) mass is 390 g/mol. The van der Waals surface area contributed by atoms with Gasteiger partial charge in [-0.05, 0) is 35.4 Å². The Labute approximate surface area is 157 Å². The van der Waals surface area contributed by atoms with Crippen LogP contribution in [0.3, 0.4) is 0 Å². The molecule has 0 aliphatic rings. The fourth-order valence-corrected chi connectivity index (χ4v) is 3.85. The lowest BCUT2D eigenvalue weighted by Crippen LogP contribution is -2.38. The van der Waals surface area contributed by atoms with Gasteiger partial charge in [0.25, 0.3) is 0 Å². The van der Waals surface area contributed by atoms with Crippen molar-refractivity contribution in [1.29, 1.82) is 0 Å². The fourth-order valence-electron chi connectivity index (χ4n) is 3.02. The molecule has 1 atom stereocenters. The maximum absolute atomic E-state index is 12.4. The molecule has 0 saturated heterocycles. The van der Waals surface area contributed by atoms with Crippen LogP contribution in [0, 0.1) is 5.92 Å². The highest BCUT2D eigenvalue weighted by atomic mass is 31.1. The van der Waals surface area contributed by atoms with Gasteiger partial charge in [-0.15, -0.1) is 0 Å². The molecule has 27 heavy (non-hydrogen) atoms. The molecule has 8 heteroatoms. The maximum Gasteiger partial charge on any atom is 0.309 e. The van der Waals surface area contributed by atoms with E-state index in [1.807, 2.05) is 0 Å². The quantitative estimate of drug-likeness (QED) is 0.631. The van der Waals surface area contributed by atoms with Gasteiger partial charge in [0.2, 0.25) is 0 Å². The molecule has 2 aromatic rings. The zero-order valence-electron chi connectivity index (χ0n) is 14.8. The minimum Gasteiger partial charge on any atom is -0.497 e. The third-order valence-electron chi connectivity index (χ3n) is 4.39. The van der Waals surface area contributed by atoms with Gasteiger partial charge in [-0.25, -0.2) is 0 Å². The summed E-state index contributed by atoms with van der Waals surface area (Å²) in [5.41, 5.74) is 0.803. The van der Waals surface area contributed by atoms with Crippen molar-refractivity contribution in [1.82, 2.24) is 0 Å². The van der Waals surface area contributed by atoms with Crippen LogP contribution in [0.5, 0.6) is 11.5 Å². The second-order valence-electron chi connectivity index (χ2n) is 5.80. The highest BCUT2D eigenvalue weighted by Gasteiger charge is 2.48. The second-order valence-corrected chi connectivity index (χ2v) is 6.69. The van der Waals surface area contributed by atoms with E-state index in [0.717, 1.165) is 0 Å². The molecule has 2 aromatic carbocycles. The summed E-state index contributed by atoms with van der Waals surface area (Å²) < 4.78 is 22.7. The molecule has 0 bridgehead atoms. The third kappa shape index (κ3) is 4.09. The van der Waals surface area contributed by atoms with Crippen molar-refractivity contribution in [2.75, 3.05) is 14.2 Å². The smallest absolute Gasteiger partial charge is 0.309 e. The first-order valence-corrected chi connectivity index (χ1v) is 8.78. The largest absolute Gasteiger partial charge is 0.497 e. The minimum atomic E-state index is -1.59. The standard InChI is InChI=1S/C19H19O7P/c1-25-14-7-3-12(4-8-14)19(27-24,16(18(22)23)11-17(20)21)13-5-9-15(26-2)10-6-13/h3-10,16H,11H2,1-2H3,(H,20,21)(H,22,23). The van der Waals surface area contributed by atoms with Crippen LogP contribution in [-0.4, -0.2) is 36.4 Å². The molecule has 0 heterocycles. The van der Waals surface area contributed by atoms with Gasteiger partial charge < -0.3 is 19.7 Å². The lowest BCUT2D eigenvalue weighted by atomic mass is 9.77. The number of benzene rings is 2. The first-order chi connectivity index (χ1) is 12.9. The molecule has 142 valence electrons. The molecule has 0 fully saturated rings. The summed E-state index contributed by atoms with van der Waals surface area (Å²) in [6.07, 6.45) is -0.692. The van der Waals surface area contributed by atoms with Crippen LogP contribution >= 0.6 is 8.46 Å². The topological polar surface area (TPSA) is 110 Å². The zero-order chi connectivity index (χ0) is 20.0. The maximum atomic E-state index is 12.4. The van der Waals surface area contributed by atoms with E-state index < -0.39 is 37.9 Å². The fraction of sp³-hybridized carbons (Fsp3) is 0.263. The van der Waals surface area contributed by atoms with E-state index in [4.69, 9.17) is 9.47 Å². The predicted octanol–water partition coefficient (Wildman–Crippen LogP) is 3.41. The van der Waals surface area contributed by atoms with Gasteiger partial charge in [0.1, 0.15) is 16.7 Å². The summed E-state index contributed by atoms with van der Waals surface area (Å²) >= 11 is 0. The van der Waals surface area contributed by atoms with E-state index in [-0.39, 0.29) is 0 Å². The van der Waals surface area contributed by atoms with Gasteiger partial charge in [0.15, 0.2) is 8.46 Å². The van der Waals surface area contributed by atoms with Crippen LogP contribution in [0.2, 0.25) is 0 Å². The summed E-state index contributed by atoms with van der Waals surface area (Å²) in [6, 6.07) is 12.8. The molecule has 7 nitrogen and oxygen atoms in total. The van der Waals surface area contributed by atoms with E-state index >= 15 is 0 Å². The number of rotatable bonds is 9. The van der Waals surface area contributed by atoms with Crippen molar-refractivity contribution in [3.63, 3.8) is 0 Å². The van der Waals surface area contributed by atoms with Crippen molar-refractivity contribution in [2.45, 2.75) is 11.6 Å². The highest BCUT2D eigenvalue weighted by Crippen LogP contribution is 2.50. The van der Waals surface area contributed by atoms with E-state index in [1.165, 1.54) is 14.2 Å². The Morgan fingerprint density at radius 1 is 0.926 bits per heavy atom. The van der Waals surface area contributed by atoms with Crippen LogP contribution < -0.4 is 9.47 Å². The van der Waals surface area contributed by atoms with Crippen molar-refractivity contribution in [3.8, 4) is 11.5 Å². The lowest BCUT2D eigenvalue weighted by Gasteiger charge is -2.33. The van der Waals surface area contributed by atoms with Gasteiger partial charge >= 0.3 is 11.9 Å². The van der Waals surface area contributed by atoms with E-state index in [9.17, 15) is 24.4 Å². The summed E-state index contributed by atoms with van der Waals surface area (Å²) in [7, 11) is 2.44. The molecule has 0 amide bonds. The van der Waals surface area contributed by atoms with Crippen LogP contribution in [-0.2, 0) is 19.3 Å². The molecule has 2 rings (SSSR count). The van der Waals surface area contributed by atoms with Crippen molar-refractivity contribution >= 4 is 20.4 Å². The SMILES string of the molecule is COc1ccc(C(P=O)(c2ccc(OC)cc2)C(CC(=O)O)C(=O)O)cc1. The van der Waals surface area contributed by atoms with E-state index in [2.05, 4.69) is 0 Å². The minimum absolute atomic E-state index is 0.402. The first-order valence-electron chi connectivity index (χ1n) is 7.97.